The van der Waals surface area contributed by atoms with E-state index >= 15 is 0 Å². The Balaban J connectivity index is 2.43. The van der Waals surface area contributed by atoms with Gasteiger partial charge in [0.15, 0.2) is 5.82 Å². The normalized spacial score (nSPS) is 10.0. The minimum Gasteiger partial charge on any atom is -0.397 e. The molecule has 2 aromatic rings. The summed E-state index contributed by atoms with van der Waals surface area (Å²) >= 11 is 0. The highest BCUT2D eigenvalue weighted by molar-refractivity contribution is 5.38. The Bertz CT molecular complexity index is 349. The molecule has 0 aliphatic carbocycles. The van der Waals surface area contributed by atoms with Gasteiger partial charge < -0.3 is 5.73 Å². The minimum atomic E-state index is 0.658. The molecule has 0 radical (unpaired) electrons. The van der Waals surface area contributed by atoms with Crippen molar-refractivity contribution >= 4 is 5.69 Å². The van der Waals surface area contributed by atoms with Crippen LogP contribution in [0.25, 0.3) is 5.82 Å². The molecular formula is C8H8N4. The first-order chi connectivity index (χ1) is 5.86. The molecule has 0 aliphatic rings. The Morgan fingerprint density at radius 3 is 2.83 bits per heavy atom. The van der Waals surface area contributed by atoms with Crippen molar-refractivity contribution in [2.75, 3.05) is 5.73 Å². The van der Waals surface area contributed by atoms with Crippen LogP contribution in [-0.2, 0) is 0 Å². The third-order valence-corrected chi connectivity index (χ3v) is 1.51. The number of hydrogen-bond donors (Lipinski definition) is 1. The van der Waals surface area contributed by atoms with E-state index in [1.807, 2.05) is 18.3 Å². The van der Waals surface area contributed by atoms with Gasteiger partial charge in [0.25, 0.3) is 0 Å². The van der Waals surface area contributed by atoms with Crippen molar-refractivity contribution in [1.82, 2.24) is 14.8 Å². The van der Waals surface area contributed by atoms with Crippen LogP contribution in [0.2, 0.25) is 0 Å². The Kier molecular flexibility index (Phi) is 1.51. The number of hydrogen-bond acceptors (Lipinski definition) is 3. The SMILES string of the molecule is Nc1ccc(-n2cccn2)nc1. The highest BCUT2D eigenvalue weighted by atomic mass is 15.3. The molecular weight excluding hydrogens is 152 g/mol. The van der Waals surface area contributed by atoms with Crippen LogP contribution in [0.15, 0.2) is 36.8 Å². The number of pyridine rings is 1. The molecule has 4 heteroatoms. The highest BCUT2D eigenvalue weighted by Crippen LogP contribution is 2.04. The van der Waals surface area contributed by atoms with Crippen LogP contribution in [0.4, 0.5) is 5.69 Å². The fourth-order valence-corrected chi connectivity index (χ4v) is 0.937. The van der Waals surface area contributed by atoms with Crippen molar-refractivity contribution in [3.63, 3.8) is 0 Å². The van der Waals surface area contributed by atoms with Gasteiger partial charge in [-0.3, -0.25) is 0 Å². The number of aromatic nitrogens is 3. The van der Waals surface area contributed by atoms with Gasteiger partial charge >= 0.3 is 0 Å². The maximum atomic E-state index is 5.49. The van der Waals surface area contributed by atoms with Crippen LogP contribution in [0.3, 0.4) is 0 Å². The smallest absolute Gasteiger partial charge is 0.153 e. The first kappa shape index (κ1) is 6.84. The molecule has 0 atom stereocenters. The largest absolute Gasteiger partial charge is 0.397 e. The average molecular weight is 160 g/mol. The van der Waals surface area contributed by atoms with Crippen LogP contribution >= 0.6 is 0 Å². The maximum Gasteiger partial charge on any atom is 0.153 e. The molecule has 0 bridgehead atoms. The lowest BCUT2D eigenvalue weighted by molar-refractivity contribution is 0.847. The molecule has 2 N–H and O–H groups in total. The summed E-state index contributed by atoms with van der Waals surface area (Å²) in [6.45, 7) is 0. The molecule has 0 aromatic carbocycles. The highest BCUT2D eigenvalue weighted by Gasteiger charge is 1.94. The van der Waals surface area contributed by atoms with E-state index in [1.54, 1.807) is 23.1 Å². The van der Waals surface area contributed by atoms with Gasteiger partial charge in [-0.25, -0.2) is 9.67 Å². The minimum absolute atomic E-state index is 0.658. The maximum absolute atomic E-state index is 5.49. The first-order valence-electron chi connectivity index (χ1n) is 3.58. The lowest BCUT2D eigenvalue weighted by Gasteiger charge is -1.98. The van der Waals surface area contributed by atoms with Crippen molar-refractivity contribution in [3.8, 4) is 5.82 Å². The summed E-state index contributed by atoms with van der Waals surface area (Å²) in [5, 5.41) is 4.03. The number of nitrogens with two attached hydrogens (primary N) is 1. The molecule has 2 heterocycles. The van der Waals surface area contributed by atoms with E-state index in [9.17, 15) is 0 Å². The van der Waals surface area contributed by atoms with Crippen LogP contribution < -0.4 is 5.73 Å². The molecule has 0 aliphatic heterocycles. The molecule has 60 valence electrons. The monoisotopic (exact) mass is 160 g/mol. The summed E-state index contributed by atoms with van der Waals surface area (Å²) in [6, 6.07) is 5.46. The van der Waals surface area contributed by atoms with Crippen LogP contribution in [0.1, 0.15) is 0 Å². The molecule has 2 aromatic heterocycles. The molecule has 0 saturated heterocycles. The van der Waals surface area contributed by atoms with Crippen molar-refractivity contribution < 1.29 is 0 Å². The lowest BCUT2D eigenvalue weighted by atomic mass is 10.4. The van der Waals surface area contributed by atoms with Gasteiger partial charge in [0.1, 0.15) is 0 Å². The van der Waals surface area contributed by atoms with Gasteiger partial charge in [-0.15, -0.1) is 0 Å². The molecule has 0 saturated carbocycles. The zero-order chi connectivity index (χ0) is 8.39. The van der Waals surface area contributed by atoms with Gasteiger partial charge in [0, 0.05) is 12.4 Å². The average Bonchev–Trinajstić information content (AvgIpc) is 2.58. The summed E-state index contributed by atoms with van der Waals surface area (Å²) < 4.78 is 1.68. The Morgan fingerprint density at radius 1 is 1.33 bits per heavy atom. The number of rotatable bonds is 1. The van der Waals surface area contributed by atoms with Gasteiger partial charge in [0.2, 0.25) is 0 Å². The Morgan fingerprint density at radius 2 is 2.25 bits per heavy atom. The number of nitrogen functional groups attached to an aromatic ring is 1. The summed E-state index contributed by atoms with van der Waals surface area (Å²) in [6.07, 6.45) is 5.15. The summed E-state index contributed by atoms with van der Waals surface area (Å²) in [7, 11) is 0. The van der Waals surface area contributed by atoms with E-state index in [2.05, 4.69) is 10.1 Å². The summed E-state index contributed by atoms with van der Waals surface area (Å²) in [5.74, 6) is 0.772. The Hall–Kier alpha value is -1.84. The summed E-state index contributed by atoms with van der Waals surface area (Å²) in [4.78, 5) is 4.10. The zero-order valence-corrected chi connectivity index (χ0v) is 6.38. The van der Waals surface area contributed by atoms with Crippen molar-refractivity contribution in [3.05, 3.63) is 36.8 Å². The standard InChI is InChI=1S/C8H8N4/c9-7-2-3-8(10-6-7)12-5-1-4-11-12/h1-6H,9H2. The van der Waals surface area contributed by atoms with Crippen molar-refractivity contribution in [2.24, 2.45) is 0 Å². The quantitative estimate of drug-likeness (QED) is 0.672. The van der Waals surface area contributed by atoms with Crippen molar-refractivity contribution in [1.29, 1.82) is 0 Å². The molecule has 0 spiro atoms. The predicted molar refractivity (Wildman–Crippen MR) is 45.8 cm³/mol. The third-order valence-electron chi connectivity index (χ3n) is 1.51. The summed E-state index contributed by atoms with van der Waals surface area (Å²) in [5.41, 5.74) is 6.15. The van der Waals surface area contributed by atoms with E-state index in [0.717, 1.165) is 5.82 Å². The van der Waals surface area contributed by atoms with E-state index in [0.29, 0.717) is 5.69 Å². The second-order valence-electron chi connectivity index (χ2n) is 2.40. The predicted octanol–water partition coefficient (Wildman–Crippen LogP) is 0.849. The van der Waals surface area contributed by atoms with E-state index in [1.165, 1.54) is 0 Å². The molecule has 0 amide bonds. The zero-order valence-electron chi connectivity index (χ0n) is 6.38. The molecule has 0 fully saturated rings. The van der Waals surface area contributed by atoms with Crippen LogP contribution in [-0.4, -0.2) is 14.8 Å². The number of anilines is 1. The van der Waals surface area contributed by atoms with E-state index in [-0.39, 0.29) is 0 Å². The van der Waals surface area contributed by atoms with Gasteiger partial charge in [0.05, 0.1) is 11.9 Å². The molecule has 4 nitrogen and oxygen atoms in total. The van der Waals surface area contributed by atoms with Gasteiger partial charge in [-0.2, -0.15) is 5.10 Å². The third kappa shape index (κ3) is 1.14. The Labute approximate surface area is 69.7 Å². The molecule has 12 heavy (non-hydrogen) atoms. The fourth-order valence-electron chi connectivity index (χ4n) is 0.937. The van der Waals surface area contributed by atoms with Crippen molar-refractivity contribution in [2.45, 2.75) is 0 Å². The van der Waals surface area contributed by atoms with Crippen LogP contribution in [0, 0.1) is 0 Å². The van der Waals surface area contributed by atoms with Gasteiger partial charge in [-0.1, -0.05) is 0 Å². The molecule has 2 rings (SSSR count). The second kappa shape index (κ2) is 2.65. The lowest BCUT2D eigenvalue weighted by Crippen LogP contribution is -1.97. The number of nitrogens with zero attached hydrogens (tertiary/aromatic N) is 3. The molecule has 0 unspecified atom stereocenters. The first-order valence-corrected chi connectivity index (χ1v) is 3.58. The topological polar surface area (TPSA) is 56.7 Å². The second-order valence-corrected chi connectivity index (χ2v) is 2.40. The van der Waals surface area contributed by atoms with E-state index < -0.39 is 0 Å². The fraction of sp³-hybridized carbons (Fsp3) is 0. The van der Waals surface area contributed by atoms with E-state index in [4.69, 9.17) is 5.73 Å². The van der Waals surface area contributed by atoms with Gasteiger partial charge in [-0.05, 0) is 18.2 Å². The van der Waals surface area contributed by atoms with Crippen LogP contribution in [0.5, 0.6) is 0 Å².